The highest BCUT2D eigenvalue weighted by atomic mass is 16.7. The summed E-state index contributed by atoms with van der Waals surface area (Å²) in [6, 6.07) is -0.830. The Morgan fingerprint density at radius 2 is 1.28 bits per heavy atom. The standard InChI is InChI=1S/C41H71NO8/c1-3-5-7-9-11-13-14-15-16-17-18-19-20-21-23-25-27-29-31-37(45)42-34(35(44)30-28-26-24-22-12-10-8-6-4-2)33-49-41-40(48)39(47)38(46)36(32-43)50-41/h4,6,12-14,16-17,22,28,30,34-36,38-41,43-44,46-48H,3,5,7-11,15,18-21,23-27,29,31-33H2,1-2H3,(H,42,45)/b6-4+,14-13-,17-16-,22-12+,30-28+. The van der Waals surface area contributed by atoms with Crippen LogP contribution < -0.4 is 5.32 Å². The normalized spacial score (nSPS) is 22.9. The molecular weight excluding hydrogens is 634 g/mol. The Morgan fingerprint density at radius 1 is 0.720 bits per heavy atom. The number of aliphatic hydroxyl groups is 5. The maximum Gasteiger partial charge on any atom is 0.220 e. The van der Waals surface area contributed by atoms with E-state index in [1.807, 2.05) is 19.1 Å². The van der Waals surface area contributed by atoms with Gasteiger partial charge in [-0.05, 0) is 71.1 Å². The molecule has 7 unspecified atom stereocenters. The Balaban J connectivity index is 2.41. The summed E-state index contributed by atoms with van der Waals surface area (Å²) in [5.74, 6) is -0.206. The van der Waals surface area contributed by atoms with E-state index >= 15 is 0 Å². The van der Waals surface area contributed by atoms with Gasteiger partial charge in [-0.1, -0.05) is 119 Å². The largest absolute Gasteiger partial charge is 0.394 e. The number of ether oxygens (including phenoxy) is 2. The fraction of sp³-hybridized carbons (Fsp3) is 0.732. The molecule has 6 N–H and O–H groups in total. The quantitative estimate of drug-likeness (QED) is 0.0350. The molecule has 0 aliphatic carbocycles. The van der Waals surface area contributed by atoms with Gasteiger partial charge in [-0.25, -0.2) is 0 Å². The molecule has 0 bridgehead atoms. The lowest BCUT2D eigenvalue weighted by Gasteiger charge is -2.40. The molecule has 1 rings (SSSR count). The highest BCUT2D eigenvalue weighted by Crippen LogP contribution is 2.22. The van der Waals surface area contributed by atoms with Crippen molar-refractivity contribution >= 4 is 5.91 Å². The molecule has 0 aromatic rings. The number of rotatable bonds is 30. The van der Waals surface area contributed by atoms with Crippen LogP contribution in [0.25, 0.3) is 0 Å². The summed E-state index contributed by atoms with van der Waals surface area (Å²) in [5, 5.41) is 53.8. The molecule has 1 fully saturated rings. The van der Waals surface area contributed by atoms with E-state index in [1.54, 1.807) is 6.08 Å². The topological polar surface area (TPSA) is 149 Å². The zero-order valence-electron chi connectivity index (χ0n) is 31.1. The molecule has 7 atom stereocenters. The molecule has 0 radical (unpaired) electrons. The van der Waals surface area contributed by atoms with Crippen molar-refractivity contribution in [3.63, 3.8) is 0 Å². The van der Waals surface area contributed by atoms with Crippen LogP contribution in [0.15, 0.2) is 60.8 Å². The van der Waals surface area contributed by atoms with Crippen LogP contribution in [0.4, 0.5) is 0 Å². The van der Waals surface area contributed by atoms with Crippen molar-refractivity contribution in [1.29, 1.82) is 0 Å². The lowest BCUT2D eigenvalue weighted by molar-refractivity contribution is -0.302. The number of carbonyl (C=O) groups excluding carboxylic acids is 1. The number of nitrogens with one attached hydrogen (secondary N) is 1. The summed E-state index contributed by atoms with van der Waals surface area (Å²) in [7, 11) is 0. The van der Waals surface area contributed by atoms with Gasteiger partial charge in [-0.15, -0.1) is 0 Å². The molecule has 0 aromatic heterocycles. The maximum absolute atomic E-state index is 12.8. The van der Waals surface area contributed by atoms with Gasteiger partial charge in [0.1, 0.15) is 24.4 Å². The van der Waals surface area contributed by atoms with E-state index in [9.17, 15) is 30.3 Å². The summed E-state index contributed by atoms with van der Waals surface area (Å²) in [5.41, 5.74) is 0. The van der Waals surface area contributed by atoms with Crippen LogP contribution in [0, 0.1) is 0 Å². The zero-order valence-corrected chi connectivity index (χ0v) is 31.1. The van der Waals surface area contributed by atoms with E-state index in [0.717, 1.165) is 64.2 Å². The first-order valence-electron chi connectivity index (χ1n) is 19.5. The van der Waals surface area contributed by atoms with Gasteiger partial charge in [0.25, 0.3) is 0 Å². The van der Waals surface area contributed by atoms with E-state index in [2.05, 4.69) is 54.8 Å². The van der Waals surface area contributed by atoms with Gasteiger partial charge in [0.15, 0.2) is 6.29 Å². The third kappa shape index (κ3) is 22.7. The Morgan fingerprint density at radius 3 is 1.90 bits per heavy atom. The first kappa shape index (κ1) is 45.9. The van der Waals surface area contributed by atoms with Gasteiger partial charge in [0.05, 0.1) is 25.4 Å². The molecule has 1 heterocycles. The van der Waals surface area contributed by atoms with E-state index < -0.39 is 49.5 Å². The van der Waals surface area contributed by atoms with Crippen LogP contribution in [0.2, 0.25) is 0 Å². The molecular formula is C41H71NO8. The number of carbonyl (C=O) groups is 1. The van der Waals surface area contributed by atoms with Crippen LogP contribution in [0.3, 0.4) is 0 Å². The van der Waals surface area contributed by atoms with Crippen LogP contribution in [-0.2, 0) is 14.3 Å². The van der Waals surface area contributed by atoms with Crippen molar-refractivity contribution in [3.8, 4) is 0 Å². The average molecular weight is 706 g/mol. The number of allylic oxidation sites excluding steroid dienone is 9. The molecule has 0 saturated carbocycles. The molecule has 288 valence electrons. The first-order valence-corrected chi connectivity index (χ1v) is 19.5. The average Bonchev–Trinajstić information content (AvgIpc) is 3.11. The monoisotopic (exact) mass is 706 g/mol. The highest BCUT2D eigenvalue weighted by molar-refractivity contribution is 5.76. The van der Waals surface area contributed by atoms with Crippen LogP contribution in [0.1, 0.15) is 136 Å². The number of unbranched alkanes of at least 4 members (excludes halogenated alkanes) is 13. The molecule has 1 amide bonds. The van der Waals surface area contributed by atoms with E-state index in [1.165, 1.54) is 51.4 Å². The predicted octanol–water partition coefficient (Wildman–Crippen LogP) is 6.88. The lowest BCUT2D eigenvalue weighted by Crippen LogP contribution is -2.60. The second kappa shape index (κ2) is 31.6. The van der Waals surface area contributed by atoms with E-state index in [-0.39, 0.29) is 12.5 Å². The van der Waals surface area contributed by atoms with Crippen LogP contribution >= 0.6 is 0 Å². The maximum atomic E-state index is 12.8. The summed E-state index contributed by atoms with van der Waals surface area (Å²) in [6.45, 7) is 3.46. The van der Waals surface area contributed by atoms with E-state index in [0.29, 0.717) is 6.42 Å². The van der Waals surface area contributed by atoms with Gasteiger partial charge < -0.3 is 40.3 Å². The summed E-state index contributed by atoms with van der Waals surface area (Å²) < 4.78 is 11.1. The van der Waals surface area contributed by atoms with Crippen molar-refractivity contribution in [2.24, 2.45) is 0 Å². The number of hydrogen-bond acceptors (Lipinski definition) is 8. The Labute approximate surface area is 303 Å². The molecule has 1 aliphatic rings. The third-order valence-corrected chi connectivity index (χ3v) is 8.89. The van der Waals surface area contributed by atoms with Gasteiger partial charge in [-0.2, -0.15) is 0 Å². The van der Waals surface area contributed by atoms with E-state index in [4.69, 9.17) is 9.47 Å². The molecule has 0 aromatic carbocycles. The van der Waals surface area contributed by atoms with Crippen molar-refractivity contribution in [2.45, 2.75) is 179 Å². The van der Waals surface area contributed by atoms with Gasteiger partial charge in [0.2, 0.25) is 5.91 Å². The molecule has 0 spiro atoms. The Bertz CT molecular complexity index is 962. The zero-order chi connectivity index (χ0) is 36.7. The summed E-state index contributed by atoms with van der Waals surface area (Å²) >= 11 is 0. The number of aliphatic hydroxyl groups excluding tert-OH is 5. The van der Waals surface area contributed by atoms with Gasteiger partial charge in [0, 0.05) is 6.42 Å². The first-order chi connectivity index (χ1) is 24.3. The SMILES string of the molecule is C/C=C/CC/C=C/CC/C=C/C(O)C(COC1OC(CO)C(O)C(O)C1O)NC(=O)CCCCCCCCC/C=C\C/C=C\CCCCCC. The smallest absolute Gasteiger partial charge is 0.220 e. The molecule has 9 heteroatoms. The van der Waals surface area contributed by atoms with Gasteiger partial charge in [-0.3, -0.25) is 4.79 Å². The lowest BCUT2D eigenvalue weighted by atomic mass is 9.99. The van der Waals surface area contributed by atoms with Crippen molar-refractivity contribution in [2.75, 3.05) is 13.2 Å². The summed E-state index contributed by atoms with van der Waals surface area (Å²) in [6.07, 6.45) is 32.9. The second-order valence-corrected chi connectivity index (χ2v) is 13.4. The van der Waals surface area contributed by atoms with Gasteiger partial charge >= 0.3 is 0 Å². The van der Waals surface area contributed by atoms with Crippen LogP contribution in [0.5, 0.6) is 0 Å². The minimum absolute atomic E-state index is 0.206. The minimum atomic E-state index is -1.58. The molecule has 1 saturated heterocycles. The Hall–Kier alpha value is -2.11. The van der Waals surface area contributed by atoms with Crippen molar-refractivity contribution < 1.29 is 39.8 Å². The predicted molar refractivity (Wildman–Crippen MR) is 202 cm³/mol. The highest BCUT2D eigenvalue weighted by Gasteiger charge is 2.44. The molecule has 1 aliphatic heterocycles. The van der Waals surface area contributed by atoms with Crippen LogP contribution in [-0.4, -0.2) is 87.5 Å². The number of amides is 1. The molecule has 9 nitrogen and oxygen atoms in total. The summed E-state index contributed by atoms with van der Waals surface area (Å²) in [4.78, 5) is 12.8. The number of hydrogen-bond donors (Lipinski definition) is 6. The fourth-order valence-electron chi connectivity index (χ4n) is 5.69. The van der Waals surface area contributed by atoms with Crippen molar-refractivity contribution in [1.82, 2.24) is 5.32 Å². The minimum Gasteiger partial charge on any atom is -0.394 e. The van der Waals surface area contributed by atoms with Crippen molar-refractivity contribution in [3.05, 3.63) is 60.8 Å². The second-order valence-electron chi connectivity index (χ2n) is 13.4. The fourth-order valence-corrected chi connectivity index (χ4v) is 5.69. The molecule has 50 heavy (non-hydrogen) atoms. The Kier molecular flexibility index (Phi) is 29.0. The third-order valence-electron chi connectivity index (χ3n) is 8.89.